The van der Waals surface area contributed by atoms with Crippen molar-refractivity contribution in [1.29, 1.82) is 0 Å². The molecule has 3 nitrogen and oxygen atoms in total. The van der Waals surface area contributed by atoms with E-state index in [1.807, 2.05) is 12.1 Å². The van der Waals surface area contributed by atoms with E-state index in [0.717, 1.165) is 6.07 Å². The molecular weight excluding hydrogens is 271 g/mol. The first-order valence-corrected chi connectivity index (χ1v) is 6.67. The van der Waals surface area contributed by atoms with Crippen molar-refractivity contribution in [1.82, 2.24) is 0 Å². The topological polar surface area (TPSA) is 35.5 Å². The van der Waals surface area contributed by atoms with Crippen molar-refractivity contribution in [2.45, 2.75) is 19.8 Å². The summed E-state index contributed by atoms with van der Waals surface area (Å²) in [4.78, 5) is 11.3. The molecule has 2 aromatic carbocycles. The number of esters is 1. The summed E-state index contributed by atoms with van der Waals surface area (Å²) >= 11 is 0. The number of ether oxygens (including phenoxy) is 2. The number of benzene rings is 2. The molecule has 0 aliphatic heterocycles. The smallest absolute Gasteiger partial charge is 0.337 e. The van der Waals surface area contributed by atoms with E-state index < -0.39 is 11.8 Å². The van der Waals surface area contributed by atoms with Crippen LogP contribution >= 0.6 is 0 Å². The van der Waals surface area contributed by atoms with Crippen LogP contribution < -0.4 is 4.74 Å². The predicted octanol–water partition coefficient (Wildman–Crippen LogP) is 4.53. The summed E-state index contributed by atoms with van der Waals surface area (Å²) in [7, 11) is 1.25. The highest BCUT2D eigenvalue weighted by Gasteiger charge is 2.11. The van der Waals surface area contributed by atoms with Crippen LogP contribution in [0.1, 0.15) is 35.7 Å². The third-order valence-electron chi connectivity index (χ3n) is 3.13. The van der Waals surface area contributed by atoms with Crippen molar-refractivity contribution >= 4 is 5.97 Å². The maximum atomic E-state index is 13.9. The Morgan fingerprint density at radius 3 is 2.29 bits per heavy atom. The van der Waals surface area contributed by atoms with Gasteiger partial charge in [-0.2, -0.15) is 0 Å². The van der Waals surface area contributed by atoms with Gasteiger partial charge in [0.05, 0.1) is 12.7 Å². The average molecular weight is 288 g/mol. The first kappa shape index (κ1) is 15.0. The Morgan fingerprint density at radius 2 is 1.76 bits per heavy atom. The number of hydrogen-bond acceptors (Lipinski definition) is 3. The molecule has 0 fully saturated rings. The Bertz CT molecular complexity index is 633. The second-order valence-corrected chi connectivity index (χ2v) is 4.96. The zero-order valence-electron chi connectivity index (χ0n) is 12.2. The molecule has 0 heterocycles. The van der Waals surface area contributed by atoms with Crippen molar-refractivity contribution in [3.63, 3.8) is 0 Å². The number of carbonyl (C=O) groups excluding carboxylic acids is 1. The highest BCUT2D eigenvalue weighted by Crippen LogP contribution is 2.26. The Labute approximate surface area is 123 Å². The standard InChI is InChI=1S/C17H17FO3/c1-11(2)12-4-7-14(8-5-12)21-16-9-6-13(10-15(16)18)17(19)20-3/h4-11H,1-3H3. The Hall–Kier alpha value is -2.36. The Kier molecular flexibility index (Phi) is 4.58. The maximum absolute atomic E-state index is 13.9. The van der Waals surface area contributed by atoms with Gasteiger partial charge in [0, 0.05) is 0 Å². The Morgan fingerprint density at radius 1 is 1.10 bits per heavy atom. The van der Waals surface area contributed by atoms with Gasteiger partial charge in [-0.15, -0.1) is 0 Å². The van der Waals surface area contributed by atoms with Gasteiger partial charge >= 0.3 is 5.97 Å². The minimum absolute atomic E-state index is 0.0694. The van der Waals surface area contributed by atoms with E-state index in [0.29, 0.717) is 11.7 Å². The molecule has 0 aliphatic carbocycles. The lowest BCUT2D eigenvalue weighted by molar-refractivity contribution is 0.0600. The van der Waals surface area contributed by atoms with Gasteiger partial charge < -0.3 is 9.47 Å². The lowest BCUT2D eigenvalue weighted by atomic mass is 10.0. The van der Waals surface area contributed by atoms with Gasteiger partial charge in [-0.1, -0.05) is 26.0 Å². The normalized spacial score (nSPS) is 10.5. The fraction of sp³-hybridized carbons (Fsp3) is 0.235. The lowest BCUT2D eigenvalue weighted by Crippen LogP contribution is -2.02. The summed E-state index contributed by atoms with van der Waals surface area (Å²) in [5, 5.41) is 0. The third-order valence-corrected chi connectivity index (χ3v) is 3.13. The molecule has 21 heavy (non-hydrogen) atoms. The van der Waals surface area contributed by atoms with E-state index in [1.165, 1.54) is 24.8 Å². The molecule has 0 aromatic heterocycles. The van der Waals surface area contributed by atoms with Gasteiger partial charge in [-0.05, 0) is 41.8 Å². The number of carbonyl (C=O) groups is 1. The summed E-state index contributed by atoms with van der Waals surface area (Å²) in [5.74, 6) is -0.147. The van der Waals surface area contributed by atoms with Crippen molar-refractivity contribution in [3.8, 4) is 11.5 Å². The Balaban J connectivity index is 2.18. The van der Waals surface area contributed by atoms with Gasteiger partial charge in [0.1, 0.15) is 5.75 Å². The maximum Gasteiger partial charge on any atom is 0.337 e. The average Bonchev–Trinajstić information content (AvgIpc) is 2.49. The molecule has 0 saturated heterocycles. The second-order valence-electron chi connectivity index (χ2n) is 4.96. The molecule has 110 valence electrons. The zero-order chi connectivity index (χ0) is 15.4. The van der Waals surface area contributed by atoms with Gasteiger partial charge in [-0.3, -0.25) is 0 Å². The highest BCUT2D eigenvalue weighted by atomic mass is 19.1. The van der Waals surface area contributed by atoms with Crippen LogP contribution in [0.25, 0.3) is 0 Å². The largest absolute Gasteiger partial charge is 0.465 e. The van der Waals surface area contributed by atoms with Crippen molar-refractivity contribution in [3.05, 3.63) is 59.4 Å². The van der Waals surface area contributed by atoms with Crippen LogP contribution in [0, 0.1) is 5.82 Å². The van der Waals surface area contributed by atoms with E-state index in [9.17, 15) is 9.18 Å². The monoisotopic (exact) mass is 288 g/mol. The van der Waals surface area contributed by atoms with E-state index in [-0.39, 0.29) is 11.3 Å². The summed E-state index contributed by atoms with van der Waals surface area (Å²) in [6.07, 6.45) is 0. The van der Waals surface area contributed by atoms with Gasteiger partial charge in [-0.25, -0.2) is 9.18 Å². The van der Waals surface area contributed by atoms with E-state index in [2.05, 4.69) is 18.6 Å². The van der Waals surface area contributed by atoms with Crippen LogP contribution in [0.15, 0.2) is 42.5 Å². The van der Waals surface area contributed by atoms with Gasteiger partial charge in [0.25, 0.3) is 0 Å². The molecule has 2 rings (SSSR count). The number of rotatable bonds is 4. The predicted molar refractivity (Wildman–Crippen MR) is 78.3 cm³/mol. The molecule has 0 bridgehead atoms. The number of hydrogen-bond donors (Lipinski definition) is 0. The third kappa shape index (κ3) is 3.60. The van der Waals surface area contributed by atoms with Gasteiger partial charge in [0.2, 0.25) is 0 Å². The lowest BCUT2D eigenvalue weighted by Gasteiger charge is -2.10. The van der Waals surface area contributed by atoms with Crippen molar-refractivity contribution in [2.75, 3.05) is 7.11 Å². The number of halogens is 1. The van der Waals surface area contributed by atoms with Crippen molar-refractivity contribution in [2.24, 2.45) is 0 Å². The first-order chi connectivity index (χ1) is 10.0. The van der Waals surface area contributed by atoms with Crippen LogP contribution in [0.4, 0.5) is 4.39 Å². The number of methoxy groups -OCH3 is 1. The van der Waals surface area contributed by atoms with Crippen LogP contribution in [-0.2, 0) is 4.74 Å². The fourth-order valence-corrected chi connectivity index (χ4v) is 1.88. The first-order valence-electron chi connectivity index (χ1n) is 6.67. The van der Waals surface area contributed by atoms with Crippen LogP contribution in [-0.4, -0.2) is 13.1 Å². The molecule has 0 radical (unpaired) electrons. The minimum Gasteiger partial charge on any atom is -0.465 e. The van der Waals surface area contributed by atoms with E-state index >= 15 is 0 Å². The highest BCUT2D eigenvalue weighted by molar-refractivity contribution is 5.89. The molecule has 2 aromatic rings. The van der Waals surface area contributed by atoms with Crippen molar-refractivity contribution < 1.29 is 18.7 Å². The molecular formula is C17H17FO3. The second kappa shape index (κ2) is 6.39. The molecule has 0 aliphatic rings. The summed E-state index contributed by atoms with van der Waals surface area (Å²) in [6.45, 7) is 4.20. The molecule has 0 atom stereocenters. The van der Waals surface area contributed by atoms with Crippen LogP contribution in [0.5, 0.6) is 11.5 Å². The molecule has 0 amide bonds. The quantitative estimate of drug-likeness (QED) is 0.775. The molecule has 0 spiro atoms. The summed E-state index contributed by atoms with van der Waals surface area (Å²) < 4.78 is 23.9. The van der Waals surface area contributed by atoms with Gasteiger partial charge in [0.15, 0.2) is 11.6 Å². The van der Waals surface area contributed by atoms with Crippen LogP contribution in [0.2, 0.25) is 0 Å². The van der Waals surface area contributed by atoms with E-state index in [1.54, 1.807) is 12.1 Å². The van der Waals surface area contributed by atoms with Crippen LogP contribution in [0.3, 0.4) is 0 Å². The molecule has 0 unspecified atom stereocenters. The summed E-state index contributed by atoms with van der Waals surface area (Å²) in [6, 6.07) is 11.5. The zero-order valence-corrected chi connectivity index (χ0v) is 12.2. The molecule has 0 saturated carbocycles. The van der Waals surface area contributed by atoms with E-state index in [4.69, 9.17) is 4.74 Å². The SMILES string of the molecule is COC(=O)c1ccc(Oc2ccc(C(C)C)cc2)c(F)c1. The fourth-order valence-electron chi connectivity index (χ4n) is 1.88. The molecule has 0 N–H and O–H groups in total. The summed E-state index contributed by atoms with van der Waals surface area (Å²) in [5.41, 5.74) is 1.33. The molecule has 4 heteroatoms. The minimum atomic E-state index is -0.606.